The lowest BCUT2D eigenvalue weighted by molar-refractivity contribution is 0.486. The predicted octanol–water partition coefficient (Wildman–Crippen LogP) is 6.58. The fraction of sp³-hybridized carbons (Fsp3) is 0.400. The Hall–Kier alpha value is -2.35. The number of rotatable bonds is 2. The average molecular weight is 359 g/mol. The van der Waals surface area contributed by atoms with Crippen LogP contribution in [0.1, 0.15) is 52.5 Å². The van der Waals surface area contributed by atoms with Gasteiger partial charge in [0.1, 0.15) is 0 Å². The Bertz CT molecular complexity index is 935. The third-order valence-electron chi connectivity index (χ3n) is 5.85. The van der Waals surface area contributed by atoms with Gasteiger partial charge in [0.2, 0.25) is 0 Å². The Kier molecular flexibility index (Phi) is 4.67. The first-order valence-corrected chi connectivity index (χ1v) is 10.2. The largest absolute Gasteiger partial charge is 0.368 e. The molecule has 1 aliphatic rings. The van der Waals surface area contributed by atoms with Crippen LogP contribution in [0.3, 0.4) is 0 Å². The van der Waals surface area contributed by atoms with Crippen LogP contribution in [-0.4, -0.2) is 17.6 Å². The van der Waals surface area contributed by atoms with E-state index in [0.717, 1.165) is 17.8 Å². The van der Waals surface area contributed by atoms with Gasteiger partial charge in [0.05, 0.1) is 11.2 Å². The molecule has 1 aromatic heterocycles. The number of fused-ring (bicyclic) bond motifs is 1. The Labute approximate surface area is 163 Å². The van der Waals surface area contributed by atoms with E-state index in [-0.39, 0.29) is 5.41 Å². The van der Waals surface area contributed by atoms with Crippen molar-refractivity contribution in [3.05, 3.63) is 60.2 Å². The molecule has 4 rings (SSSR count). The van der Waals surface area contributed by atoms with E-state index in [2.05, 4.69) is 87.2 Å². The third kappa shape index (κ3) is 3.58. The van der Waals surface area contributed by atoms with Crippen LogP contribution < -0.4 is 4.90 Å². The summed E-state index contributed by atoms with van der Waals surface area (Å²) in [5.74, 6) is 0. The zero-order valence-electron chi connectivity index (χ0n) is 17.0. The molecule has 1 unspecified atom stereocenters. The second-order valence-electron chi connectivity index (χ2n) is 8.91. The van der Waals surface area contributed by atoms with Gasteiger partial charge >= 0.3 is 0 Å². The predicted molar refractivity (Wildman–Crippen MR) is 117 cm³/mol. The van der Waals surface area contributed by atoms with E-state index in [9.17, 15) is 0 Å². The van der Waals surface area contributed by atoms with E-state index in [1.807, 2.05) is 0 Å². The average Bonchev–Trinajstić information content (AvgIpc) is 2.67. The molecule has 0 spiro atoms. The van der Waals surface area contributed by atoms with E-state index < -0.39 is 0 Å². The van der Waals surface area contributed by atoms with E-state index in [1.165, 1.54) is 41.5 Å². The topological polar surface area (TPSA) is 16.1 Å². The van der Waals surface area contributed by atoms with Gasteiger partial charge in [-0.2, -0.15) is 0 Å². The van der Waals surface area contributed by atoms with Gasteiger partial charge in [-0.05, 0) is 49.3 Å². The van der Waals surface area contributed by atoms with Crippen molar-refractivity contribution in [2.45, 2.75) is 58.4 Å². The fourth-order valence-corrected chi connectivity index (χ4v) is 4.14. The van der Waals surface area contributed by atoms with E-state index in [0.29, 0.717) is 6.04 Å². The third-order valence-corrected chi connectivity index (χ3v) is 5.85. The SMILES string of the molecule is CC1CCCCN1c1cc(-c2ccc(C(C)(C)C)cc2)nc2ccccc12. The summed E-state index contributed by atoms with van der Waals surface area (Å²) < 4.78 is 0. The number of para-hydroxylation sites is 1. The number of benzene rings is 2. The first-order chi connectivity index (χ1) is 12.9. The Morgan fingerprint density at radius 2 is 1.70 bits per heavy atom. The lowest BCUT2D eigenvalue weighted by Gasteiger charge is -2.36. The zero-order chi connectivity index (χ0) is 19.0. The Morgan fingerprint density at radius 3 is 2.41 bits per heavy atom. The Balaban J connectivity index is 1.82. The van der Waals surface area contributed by atoms with Gasteiger partial charge < -0.3 is 4.90 Å². The molecule has 1 atom stereocenters. The molecule has 0 N–H and O–H groups in total. The van der Waals surface area contributed by atoms with Crippen LogP contribution in [0.15, 0.2) is 54.6 Å². The number of anilines is 1. The molecule has 3 aromatic rings. The maximum atomic E-state index is 4.99. The van der Waals surface area contributed by atoms with Crippen LogP contribution in [0.2, 0.25) is 0 Å². The molecular weight excluding hydrogens is 328 g/mol. The highest BCUT2D eigenvalue weighted by atomic mass is 15.2. The molecule has 2 nitrogen and oxygen atoms in total. The van der Waals surface area contributed by atoms with Crippen molar-refractivity contribution >= 4 is 16.6 Å². The highest BCUT2D eigenvalue weighted by Crippen LogP contribution is 2.35. The van der Waals surface area contributed by atoms with Crippen LogP contribution in [0.4, 0.5) is 5.69 Å². The van der Waals surface area contributed by atoms with Gasteiger partial charge in [0.25, 0.3) is 0 Å². The summed E-state index contributed by atoms with van der Waals surface area (Å²) in [6.07, 6.45) is 3.88. The number of pyridine rings is 1. The minimum Gasteiger partial charge on any atom is -0.368 e. The van der Waals surface area contributed by atoms with Crippen molar-refractivity contribution in [1.29, 1.82) is 0 Å². The van der Waals surface area contributed by atoms with Crippen LogP contribution in [0.25, 0.3) is 22.2 Å². The number of aromatic nitrogens is 1. The van der Waals surface area contributed by atoms with E-state index >= 15 is 0 Å². The summed E-state index contributed by atoms with van der Waals surface area (Å²) in [6.45, 7) is 10.3. The van der Waals surface area contributed by atoms with Crippen LogP contribution in [-0.2, 0) is 5.41 Å². The van der Waals surface area contributed by atoms with E-state index in [4.69, 9.17) is 4.98 Å². The normalized spacial score (nSPS) is 18.1. The lowest BCUT2D eigenvalue weighted by atomic mass is 9.86. The van der Waals surface area contributed by atoms with Crippen LogP contribution in [0.5, 0.6) is 0 Å². The molecule has 140 valence electrons. The van der Waals surface area contributed by atoms with Crippen molar-refractivity contribution in [3.63, 3.8) is 0 Å². The second kappa shape index (κ2) is 6.99. The Morgan fingerprint density at radius 1 is 0.963 bits per heavy atom. The highest BCUT2D eigenvalue weighted by Gasteiger charge is 2.21. The van der Waals surface area contributed by atoms with Gasteiger partial charge in [-0.15, -0.1) is 0 Å². The minimum atomic E-state index is 0.170. The molecule has 2 aromatic carbocycles. The maximum Gasteiger partial charge on any atom is 0.0730 e. The smallest absolute Gasteiger partial charge is 0.0730 e. The lowest BCUT2D eigenvalue weighted by Crippen LogP contribution is -2.37. The summed E-state index contributed by atoms with van der Waals surface area (Å²) in [7, 11) is 0. The monoisotopic (exact) mass is 358 g/mol. The number of hydrogen-bond donors (Lipinski definition) is 0. The number of hydrogen-bond acceptors (Lipinski definition) is 2. The summed E-state index contributed by atoms with van der Waals surface area (Å²) in [5.41, 5.74) is 6.22. The molecule has 0 bridgehead atoms. The standard InChI is InChI=1S/C25H30N2/c1-18-9-7-8-16-27(18)24-17-23(26-22-11-6-5-10-21(22)24)19-12-14-20(15-13-19)25(2,3)4/h5-6,10-15,17-18H,7-9,16H2,1-4H3. The van der Waals surface area contributed by atoms with Gasteiger partial charge in [0, 0.05) is 29.2 Å². The molecule has 2 heterocycles. The maximum absolute atomic E-state index is 4.99. The van der Waals surface area contributed by atoms with Gasteiger partial charge in [-0.3, -0.25) is 0 Å². The van der Waals surface area contributed by atoms with Gasteiger partial charge in [-0.25, -0.2) is 4.98 Å². The van der Waals surface area contributed by atoms with Gasteiger partial charge in [0.15, 0.2) is 0 Å². The molecule has 27 heavy (non-hydrogen) atoms. The molecule has 0 amide bonds. The van der Waals surface area contributed by atoms with Crippen molar-refractivity contribution in [2.75, 3.05) is 11.4 Å². The first-order valence-electron chi connectivity index (χ1n) is 10.2. The second-order valence-corrected chi connectivity index (χ2v) is 8.91. The fourth-order valence-electron chi connectivity index (χ4n) is 4.14. The summed E-state index contributed by atoms with van der Waals surface area (Å²) in [5, 5.41) is 1.27. The van der Waals surface area contributed by atoms with Crippen molar-refractivity contribution < 1.29 is 0 Å². The summed E-state index contributed by atoms with van der Waals surface area (Å²) in [6, 6.07) is 20.4. The summed E-state index contributed by atoms with van der Waals surface area (Å²) >= 11 is 0. The van der Waals surface area contributed by atoms with Crippen molar-refractivity contribution in [2.24, 2.45) is 0 Å². The van der Waals surface area contributed by atoms with Crippen LogP contribution in [0, 0.1) is 0 Å². The molecule has 1 fully saturated rings. The number of piperidine rings is 1. The first kappa shape index (κ1) is 18.0. The number of nitrogens with zero attached hydrogens (tertiary/aromatic N) is 2. The molecule has 0 aliphatic carbocycles. The zero-order valence-corrected chi connectivity index (χ0v) is 17.0. The van der Waals surface area contributed by atoms with Crippen LogP contribution >= 0.6 is 0 Å². The van der Waals surface area contributed by atoms with Crippen molar-refractivity contribution in [3.8, 4) is 11.3 Å². The molecule has 1 aliphatic heterocycles. The molecule has 1 saturated heterocycles. The molecular formula is C25H30N2. The molecule has 0 saturated carbocycles. The molecule has 2 heteroatoms. The quantitative estimate of drug-likeness (QED) is 0.514. The molecule has 0 radical (unpaired) electrons. The van der Waals surface area contributed by atoms with E-state index in [1.54, 1.807) is 0 Å². The summed E-state index contributed by atoms with van der Waals surface area (Å²) in [4.78, 5) is 7.58. The highest BCUT2D eigenvalue weighted by molar-refractivity contribution is 5.94. The van der Waals surface area contributed by atoms with Crippen molar-refractivity contribution in [1.82, 2.24) is 4.98 Å². The van der Waals surface area contributed by atoms with Gasteiger partial charge in [-0.1, -0.05) is 63.2 Å². The minimum absolute atomic E-state index is 0.170.